The number of halogens is 5. The molecule has 3 aromatic carbocycles. The van der Waals surface area contributed by atoms with Crippen molar-refractivity contribution in [3.8, 4) is 11.5 Å². The summed E-state index contributed by atoms with van der Waals surface area (Å²) in [6.45, 7) is 0.564. The molecule has 0 amide bonds. The maximum atomic E-state index is 13.3. The number of ether oxygens (including phenoxy) is 2. The highest BCUT2D eigenvalue weighted by atomic mass is 35.5. The van der Waals surface area contributed by atoms with Gasteiger partial charge in [0.15, 0.2) is 11.5 Å². The van der Waals surface area contributed by atoms with Crippen LogP contribution in [0.1, 0.15) is 11.1 Å². The minimum Gasteiger partial charge on any atom is -0.493 e. The van der Waals surface area contributed by atoms with E-state index in [-0.39, 0.29) is 11.6 Å². The van der Waals surface area contributed by atoms with Gasteiger partial charge in [-0.1, -0.05) is 52.5 Å². The predicted octanol–water partition coefficient (Wildman–Crippen LogP) is 7.64. The van der Waals surface area contributed by atoms with E-state index in [1.165, 1.54) is 19.2 Å². The van der Waals surface area contributed by atoms with E-state index in [4.69, 9.17) is 55.9 Å². The van der Waals surface area contributed by atoms with Crippen molar-refractivity contribution in [2.24, 2.45) is 0 Å². The number of anilines is 1. The molecule has 0 aliphatic rings. The molecular weight excluding hydrogens is 459 g/mol. The van der Waals surface area contributed by atoms with Gasteiger partial charge in [-0.05, 0) is 48.0 Å². The minimum absolute atomic E-state index is 0.0487. The van der Waals surface area contributed by atoms with Gasteiger partial charge in [0.1, 0.15) is 12.4 Å². The first-order valence-corrected chi connectivity index (χ1v) is 10.0. The lowest BCUT2D eigenvalue weighted by Gasteiger charge is -2.16. The Balaban J connectivity index is 1.75. The normalized spacial score (nSPS) is 10.7. The molecule has 0 spiro atoms. The summed E-state index contributed by atoms with van der Waals surface area (Å²) in [6.07, 6.45) is 0. The molecular formula is C21H16Cl4FNO2. The smallest absolute Gasteiger partial charge is 0.180 e. The van der Waals surface area contributed by atoms with Crippen molar-refractivity contribution in [3.63, 3.8) is 0 Å². The molecule has 3 aromatic rings. The van der Waals surface area contributed by atoms with Crippen LogP contribution in [0.4, 0.5) is 10.1 Å². The van der Waals surface area contributed by atoms with Gasteiger partial charge in [-0.15, -0.1) is 0 Å². The Morgan fingerprint density at radius 3 is 2.28 bits per heavy atom. The van der Waals surface area contributed by atoms with Gasteiger partial charge in [-0.3, -0.25) is 0 Å². The van der Waals surface area contributed by atoms with Crippen LogP contribution in [0, 0.1) is 5.82 Å². The Kier molecular flexibility index (Phi) is 7.36. The molecule has 0 aliphatic heterocycles. The van der Waals surface area contributed by atoms with E-state index in [1.807, 2.05) is 0 Å². The van der Waals surface area contributed by atoms with Crippen LogP contribution in [0.25, 0.3) is 0 Å². The third kappa shape index (κ3) is 5.40. The van der Waals surface area contributed by atoms with E-state index in [2.05, 4.69) is 5.32 Å². The first-order valence-electron chi connectivity index (χ1n) is 8.50. The topological polar surface area (TPSA) is 30.5 Å². The van der Waals surface area contributed by atoms with Crippen molar-refractivity contribution in [3.05, 3.63) is 85.6 Å². The lowest BCUT2D eigenvalue weighted by atomic mass is 10.2. The van der Waals surface area contributed by atoms with E-state index in [9.17, 15) is 4.39 Å². The summed E-state index contributed by atoms with van der Waals surface area (Å²) in [4.78, 5) is 0. The van der Waals surface area contributed by atoms with Gasteiger partial charge in [-0.2, -0.15) is 0 Å². The Morgan fingerprint density at radius 1 is 0.897 bits per heavy atom. The molecule has 0 fully saturated rings. The van der Waals surface area contributed by atoms with Crippen molar-refractivity contribution in [2.75, 3.05) is 12.4 Å². The number of nitrogens with one attached hydrogen (secondary N) is 1. The molecule has 0 aromatic heterocycles. The summed E-state index contributed by atoms with van der Waals surface area (Å²) in [5.41, 5.74) is 2.18. The van der Waals surface area contributed by atoms with Gasteiger partial charge in [0.2, 0.25) is 0 Å². The third-order valence-electron chi connectivity index (χ3n) is 4.13. The Labute approximate surface area is 188 Å². The van der Waals surface area contributed by atoms with Crippen molar-refractivity contribution in [1.29, 1.82) is 0 Å². The molecule has 8 heteroatoms. The molecule has 152 valence electrons. The standard InChI is InChI=1S/C21H16Cl4FNO2/c1-28-20-8-12(10-27-13-5-6-19(26)17(24)9-13)7-18(25)21(20)29-11-14-15(22)3-2-4-16(14)23/h2-9,27H,10-11H2,1H3. The number of hydrogen-bond donors (Lipinski definition) is 1. The number of methoxy groups -OCH3 is 1. The zero-order chi connectivity index (χ0) is 21.0. The Hall–Kier alpha value is -1.85. The molecule has 29 heavy (non-hydrogen) atoms. The van der Waals surface area contributed by atoms with E-state index < -0.39 is 5.82 Å². The lowest BCUT2D eigenvalue weighted by Crippen LogP contribution is -2.03. The van der Waals surface area contributed by atoms with Gasteiger partial charge < -0.3 is 14.8 Å². The zero-order valence-corrected chi connectivity index (χ0v) is 18.3. The summed E-state index contributed by atoms with van der Waals surface area (Å²) in [5, 5.41) is 4.60. The second-order valence-corrected chi connectivity index (χ2v) is 7.71. The van der Waals surface area contributed by atoms with Crippen LogP contribution < -0.4 is 14.8 Å². The second-order valence-electron chi connectivity index (χ2n) is 6.08. The van der Waals surface area contributed by atoms with E-state index in [1.54, 1.807) is 36.4 Å². The number of benzene rings is 3. The van der Waals surface area contributed by atoms with Crippen LogP contribution in [0.15, 0.2) is 48.5 Å². The maximum absolute atomic E-state index is 13.3. The highest BCUT2D eigenvalue weighted by Crippen LogP contribution is 2.38. The van der Waals surface area contributed by atoms with Crippen LogP contribution in [0.5, 0.6) is 11.5 Å². The average molecular weight is 475 g/mol. The molecule has 0 atom stereocenters. The van der Waals surface area contributed by atoms with Crippen LogP contribution in [-0.2, 0) is 13.2 Å². The van der Waals surface area contributed by atoms with Crippen LogP contribution in [0.3, 0.4) is 0 Å². The zero-order valence-electron chi connectivity index (χ0n) is 15.2. The largest absolute Gasteiger partial charge is 0.493 e. The van der Waals surface area contributed by atoms with E-state index >= 15 is 0 Å². The Bertz CT molecular complexity index is 1010. The molecule has 0 unspecified atom stereocenters. The van der Waals surface area contributed by atoms with Crippen molar-refractivity contribution >= 4 is 52.1 Å². The maximum Gasteiger partial charge on any atom is 0.180 e. The number of hydrogen-bond acceptors (Lipinski definition) is 3. The van der Waals surface area contributed by atoms with Gasteiger partial charge >= 0.3 is 0 Å². The van der Waals surface area contributed by atoms with Crippen LogP contribution >= 0.6 is 46.4 Å². The van der Waals surface area contributed by atoms with Gasteiger partial charge in [0.25, 0.3) is 0 Å². The molecule has 0 aliphatic carbocycles. The highest BCUT2D eigenvalue weighted by molar-refractivity contribution is 6.36. The average Bonchev–Trinajstić information content (AvgIpc) is 2.69. The van der Waals surface area contributed by atoms with Crippen LogP contribution in [-0.4, -0.2) is 7.11 Å². The summed E-state index contributed by atoms with van der Waals surface area (Å²) in [6, 6.07) is 13.2. The molecule has 1 N–H and O–H groups in total. The first-order chi connectivity index (χ1) is 13.9. The van der Waals surface area contributed by atoms with Gasteiger partial charge in [0.05, 0.1) is 17.2 Å². The molecule has 0 saturated carbocycles. The highest BCUT2D eigenvalue weighted by Gasteiger charge is 2.14. The molecule has 0 heterocycles. The van der Waals surface area contributed by atoms with E-state index in [0.29, 0.717) is 44.4 Å². The minimum atomic E-state index is -0.470. The third-order valence-corrected chi connectivity index (χ3v) is 5.41. The monoisotopic (exact) mass is 473 g/mol. The summed E-state index contributed by atoms with van der Waals surface area (Å²) in [7, 11) is 1.53. The van der Waals surface area contributed by atoms with Crippen molar-refractivity contribution in [2.45, 2.75) is 13.2 Å². The summed E-state index contributed by atoms with van der Waals surface area (Å²) < 4.78 is 24.6. The van der Waals surface area contributed by atoms with Crippen molar-refractivity contribution < 1.29 is 13.9 Å². The van der Waals surface area contributed by atoms with Gasteiger partial charge in [0, 0.05) is 27.8 Å². The summed E-state index contributed by atoms with van der Waals surface area (Å²) in [5.74, 6) is 0.385. The second kappa shape index (κ2) is 9.77. The van der Waals surface area contributed by atoms with Crippen LogP contribution in [0.2, 0.25) is 20.1 Å². The fraction of sp³-hybridized carbons (Fsp3) is 0.143. The fourth-order valence-corrected chi connectivity index (χ4v) is 3.62. The molecule has 3 rings (SSSR count). The predicted molar refractivity (Wildman–Crippen MR) is 118 cm³/mol. The first kappa shape index (κ1) is 21.8. The molecule has 0 bridgehead atoms. The SMILES string of the molecule is COc1cc(CNc2ccc(F)c(Cl)c2)cc(Cl)c1OCc1c(Cl)cccc1Cl. The van der Waals surface area contributed by atoms with Crippen molar-refractivity contribution in [1.82, 2.24) is 0 Å². The quantitative estimate of drug-likeness (QED) is 0.381. The van der Waals surface area contributed by atoms with E-state index in [0.717, 1.165) is 5.56 Å². The van der Waals surface area contributed by atoms with Gasteiger partial charge in [-0.25, -0.2) is 4.39 Å². The number of rotatable bonds is 7. The fourth-order valence-electron chi connectivity index (χ4n) is 2.64. The molecule has 0 radical (unpaired) electrons. The molecule has 3 nitrogen and oxygen atoms in total. The Morgan fingerprint density at radius 2 is 1.62 bits per heavy atom. The summed E-state index contributed by atoms with van der Waals surface area (Å²) >= 11 is 24.6. The lowest BCUT2D eigenvalue weighted by molar-refractivity contribution is 0.284. The molecule has 0 saturated heterocycles.